The first kappa shape index (κ1) is 15.0. The first-order chi connectivity index (χ1) is 8.88. The van der Waals surface area contributed by atoms with Crippen LogP contribution < -0.4 is 4.72 Å². The molecule has 1 aromatic rings. The highest BCUT2D eigenvalue weighted by Crippen LogP contribution is 2.29. The van der Waals surface area contributed by atoms with Gasteiger partial charge in [-0.05, 0) is 43.4 Å². The second-order valence-electron chi connectivity index (χ2n) is 4.70. The summed E-state index contributed by atoms with van der Waals surface area (Å²) in [6.45, 7) is 0.304. The first-order valence-corrected chi connectivity index (χ1v) is 8.27. The maximum absolute atomic E-state index is 13.1. The molecule has 1 fully saturated rings. The number of benzene rings is 1. The molecular weight excluding hydrogens is 312 g/mol. The summed E-state index contributed by atoms with van der Waals surface area (Å²) in [5.74, 6) is -0.406. The predicted molar refractivity (Wildman–Crippen MR) is 73.6 cm³/mol. The SMILES string of the molecule is O=S(=O)(NCC1CCC(Cl)C1)c1cc(F)ccc1Cl. The van der Waals surface area contributed by atoms with E-state index in [-0.39, 0.29) is 21.2 Å². The molecule has 0 bridgehead atoms. The van der Waals surface area contributed by atoms with Gasteiger partial charge in [0.1, 0.15) is 10.7 Å². The summed E-state index contributed by atoms with van der Waals surface area (Å²) in [5, 5.41) is 0.128. The predicted octanol–water partition coefficient (Wildman–Crippen LogP) is 3.16. The van der Waals surface area contributed by atoms with Crippen LogP contribution in [0.2, 0.25) is 5.02 Å². The van der Waals surface area contributed by atoms with Gasteiger partial charge in [0.15, 0.2) is 0 Å². The summed E-state index contributed by atoms with van der Waals surface area (Å²) < 4.78 is 39.7. The summed E-state index contributed by atoms with van der Waals surface area (Å²) >= 11 is 11.8. The van der Waals surface area contributed by atoms with E-state index in [4.69, 9.17) is 23.2 Å². The highest BCUT2D eigenvalue weighted by atomic mass is 35.5. The van der Waals surface area contributed by atoms with Crippen molar-refractivity contribution in [1.29, 1.82) is 0 Å². The van der Waals surface area contributed by atoms with Gasteiger partial charge in [0.05, 0.1) is 5.02 Å². The molecule has 2 rings (SSSR count). The molecule has 0 saturated heterocycles. The molecule has 0 radical (unpaired) electrons. The fourth-order valence-corrected chi connectivity index (χ4v) is 4.19. The number of hydrogen-bond acceptors (Lipinski definition) is 2. The lowest BCUT2D eigenvalue weighted by Crippen LogP contribution is -2.29. The van der Waals surface area contributed by atoms with E-state index in [1.54, 1.807) is 0 Å². The zero-order valence-corrected chi connectivity index (χ0v) is 12.4. The molecule has 1 aliphatic rings. The van der Waals surface area contributed by atoms with Gasteiger partial charge in [0.2, 0.25) is 10.0 Å². The van der Waals surface area contributed by atoms with Gasteiger partial charge >= 0.3 is 0 Å². The number of rotatable bonds is 4. The van der Waals surface area contributed by atoms with E-state index in [1.807, 2.05) is 0 Å². The Bertz CT molecular complexity index is 565. The Morgan fingerprint density at radius 1 is 1.37 bits per heavy atom. The highest BCUT2D eigenvalue weighted by molar-refractivity contribution is 7.89. The Kier molecular flexibility index (Phi) is 4.71. The van der Waals surface area contributed by atoms with Gasteiger partial charge in [0.25, 0.3) is 0 Å². The lowest BCUT2D eigenvalue weighted by atomic mass is 10.1. The highest BCUT2D eigenvalue weighted by Gasteiger charge is 2.25. The van der Waals surface area contributed by atoms with Gasteiger partial charge in [-0.2, -0.15) is 0 Å². The number of hydrogen-bond donors (Lipinski definition) is 1. The van der Waals surface area contributed by atoms with E-state index < -0.39 is 15.8 Å². The van der Waals surface area contributed by atoms with Gasteiger partial charge < -0.3 is 0 Å². The zero-order chi connectivity index (χ0) is 14.0. The van der Waals surface area contributed by atoms with Crippen LogP contribution in [0.4, 0.5) is 4.39 Å². The van der Waals surface area contributed by atoms with Crippen molar-refractivity contribution in [1.82, 2.24) is 4.72 Å². The second kappa shape index (κ2) is 5.95. The Hall–Kier alpha value is -0.360. The lowest BCUT2D eigenvalue weighted by Gasteiger charge is -2.12. The van der Waals surface area contributed by atoms with Gasteiger partial charge in [-0.3, -0.25) is 0 Å². The molecule has 3 nitrogen and oxygen atoms in total. The molecule has 0 spiro atoms. The minimum Gasteiger partial charge on any atom is -0.211 e. The summed E-state index contributed by atoms with van der Waals surface area (Å²) in [6, 6.07) is 3.27. The van der Waals surface area contributed by atoms with E-state index in [0.29, 0.717) is 6.54 Å². The van der Waals surface area contributed by atoms with Crippen LogP contribution in [0.3, 0.4) is 0 Å². The Morgan fingerprint density at radius 2 is 2.11 bits per heavy atom. The average Bonchev–Trinajstić information content (AvgIpc) is 2.76. The van der Waals surface area contributed by atoms with Crippen LogP contribution in [0.5, 0.6) is 0 Å². The molecule has 0 aliphatic heterocycles. The number of alkyl halides is 1. The monoisotopic (exact) mass is 325 g/mol. The largest absolute Gasteiger partial charge is 0.242 e. The van der Waals surface area contributed by atoms with E-state index in [2.05, 4.69) is 4.72 Å². The van der Waals surface area contributed by atoms with Crippen LogP contribution in [0.25, 0.3) is 0 Å². The topological polar surface area (TPSA) is 46.2 Å². The van der Waals surface area contributed by atoms with Crippen LogP contribution in [0.15, 0.2) is 23.1 Å². The van der Waals surface area contributed by atoms with Crippen molar-refractivity contribution in [2.45, 2.75) is 29.5 Å². The second-order valence-corrected chi connectivity index (χ2v) is 7.46. The maximum atomic E-state index is 13.1. The van der Waals surface area contributed by atoms with Crippen LogP contribution >= 0.6 is 23.2 Å². The van der Waals surface area contributed by atoms with Gasteiger partial charge in [-0.1, -0.05) is 11.6 Å². The van der Waals surface area contributed by atoms with Gasteiger partial charge in [-0.25, -0.2) is 17.5 Å². The molecule has 1 aromatic carbocycles. The minimum atomic E-state index is -3.78. The Balaban J connectivity index is 2.08. The average molecular weight is 326 g/mol. The van der Waals surface area contributed by atoms with E-state index >= 15 is 0 Å². The van der Waals surface area contributed by atoms with Gasteiger partial charge in [-0.15, -0.1) is 11.6 Å². The number of nitrogens with one attached hydrogen (secondary N) is 1. The normalized spacial score (nSPS) is 23.7. The smallest absolute Gasteiger partial charge is 0.211 e. The molecule has 0 aromatic heterocycles. The third-order valence-corrected chi connectivity index (χ3v) is 5.52. The van der Waals surface area contributed by atoms with Crippen molar-refractivity contribution in [2.75, 3.05) is 6.54 Å². The zero-order valence-electron chi connectivity index (χ0n) is 10.1. The van der Waals surface area contributed by atoms with Crippen molar-refractivity contribution < 1.29 is 12.8 Å². The molecule has 19 heavy (non-hydrogen) atoms. The van der Waals surface area contributed by atoms with Crippen LogP contribution in [0.1, 0.15) is 19.3 Å². The molecule has 2 atom stereocenters. The third kappa shape index (κ3) is 3.81. The molecular formula is C12H14Cl2FNO2S. The standard InChI is InChI=1S/C12H14Cl2FNO2S/c13-9-2-1-8(5-9)7-16-19(17,18)12-6-10(15)3-4-11(12)14/h3-4,6,8-9,16H,1-2,5,7H2. The molecule has 106 valence electrons. The number of sulfonamides is 1. The van der Waals surface area contributed by atoms with E-state index in [1.165, 1.54) is 6.07 Å². The molecule has 0 amide bonds. The first-order valence-electron chi connectivity index (χ1n) is 5.97. The molecule has 1 N–H and O–H groups in total. The summed E-state index contributed by atoms with van der Waals surface area (Å²) in [6.07, 6.45) is 2.59. The molecule has 2 unspecified atom stereocenters. The Labute approximate surface area is 122 Å². The Morgan fingerprint density at radius 3 is 2.74 bits per heavy atom. The fraction of sp³-hybridized carbons (Fsp3) is 0.500. The van der Waals surface area contributed by atoms with Crippen molar-refractivity contribution in [3.8, 4) is 0 Å². The van der Waals surface area contributed by atoms with Gasteiger partial charge in [0, 0.05) is 11.9 Å². The quantitative estimate of drug-likeness (QED) is 0.864. The molecule has 7 heteroatoms. The van der Waals surface area contributed by atoms with Crippen LogP contribution in [0, 0.1) is 11.7 Å². The molecule has 0 heterocycles. The summed E-state index contributed by atoms with van der Waals surface area (Å²) in [7, 11) is -3.78. The van der Waals surface area contributed by atoms with Crippen molar-refractivity contribution >= 4 is 33.2 Å². The van der Waals surface area contributed by atoms with Crippen molar-refractivity contribution in [3.05, 3.63) is 29.0 Å². The van der Waals surface area contributed by atoms with E-state index in [0.717, 1.165) is 31.4 Å². The third-order valence-electron chi connectivity index (χ3n) is 3.22. The lowest BCUT2D eigenvalue weighted by molar-refractivity contribution is 0.519. The maximum Gasteiger partial charge on any atom is 0.242 e. The fourth-order valence-electron chi connectivity index (χ4n) is 2.19. The van der Waals surface area contributed by atoms with Crippen molar-refractivity contribution in [3.63, 3.8) is 0 Å². The van der Waals surface area contributed by atoms with Crippen LogP contribution in [-0.2, 0) is 10.0 Å². The summed E-state index contributed by atoms with van der Waals surface area (Å²) in [5.41, 5.74) is 0. The molecule has 1 saturated carbocycles. The molecule has 1 aliphatic carbocycles. The van der Waals surface area contributed by atoms with E-state index in [9.17, 15) is 12.8 Å². The minimum absolute atomic E-state index is 0.00976. The number of halogens is 3. The van der Waals surface area contributed by atoms with Crippen molar-refractivity contribution in [2.24, 2.45) is 5.92 Å². The summed E-state index contributed by atoms with van der Waals surface area (Å²) in [4.78, 5) is -0.227. The van der Waals surface area contributed by atoms with Crippen LogP contribution in [-0.4, -0.2) is 20.3 Å².